The smallest absolute Gasteiger partial charge is 0.292 e. The summed E-state index contributed by atoms with van der Waals surface area (Å²) in [5.41, 5.74) is 0.381. The molecule has 4 nitrogen and oxygen atoms in total. The van der Waals surface area contributed by atoms with Crippen LogP contribution in [0.25, 0.3) is 0 Å². The third-order valence-corrected chi connectivity index (χ3v) is 4.21. The third-order valence-electron chi connectivity index (χ3n) is 4.21. The highest BCUT2D eigenvalue weighted by molar-refractivity contribution is 6.41. The SMILES string of the molecule is Cc1ccc(NC(=O)C(=O)C2CC(C)(C)NC(C)(C)C2)cc1F. The van der Waals surface area contributed by atoms with Crippen LogP contribution in [0, 0.1) is 18.7 Å². The molecule has 5 heteroatoms. The number of rotatable bonds is 3. The molecule has 1 fully saturated rings. The van der Waals surface area contributed by atoms with Crippen LogP contribution in [0.5, 0.6) is 0 Å². The first-order chi connectivity index (χ1) is 10.5. The Bertz CT molecular complexity index is 622. The molecule has 0 saturated carbocycles. The monoisotopic (exact) mass is 320 g/mol. The fourth-order valence-electron chi connectivity index (χ4n) is 3.56. The summed E-state index contributed by atoms with van der Waals surface area (Å²) in [6.45, 7) is 9.76. The summed E-state index contributed by atoms with van der Waals surface area (Å²) in [6.07, 6.45) is 1.20. The number of hydrogen-bond acceptors (Lipinski definition) is 3. The van der Waals surface area contributed by atoms with E-state index in [1.807, 2.05) is 27.7 Å². The minimum Gasteiger partial charge on any atom is -0.319 e. The minimum absolute atomic E-state index is 0.210. The van der Waals surface area contributed by atoms with Crippen LogP contribution in [-0.4, -0.2) is 22.8 Å². The Hall–Kier alpha value is -1.75. The lowest BCUT2D eigenvalue weighted by atomic mass is 9.74. The van der Waals surface area contributed by atoms with E-state index < -0.39 is 17.5 Å². The van der Waals surface area contributed by atoms with Gasteiger partial charge in [-0.15, -0.1) is 0 Å². The van der Waals surface area contributed by atoms with Crippen LogP contribution in [0.15, 0.2) is 18.2 Å². The predicted molar refractivity (Wildman–Crippen MR) is 88.8 cm³/mol. The maximum atomic E-state index is 13.5. The van der Waals surface area contributed by atoms with Crippen LogP contribution in [-0.2, 0) is 9.59 Å². The molecule has 1 amide bonds. The third kappa shape index (κ3) is 4.38. The summed E-state index contributed by atoms with van der Waals surface area (Å²) in [5.74, 6) is -1.85. The van der Waals surface area contributed by atoms with Crippen molar-refractivity contribution in [3.8, 4) is 0 Å². The topological polar surface area (TPSA) is 58.2 Å². The molecule has 23 heavy (non-hydrogen) atoms. The summed E-state index contributed by atoms with van der Waals surface area (Å²) in [4.78, 5) is 24.7. The summed E-state index contributed by atoms with van der Waals surface area (Å²) in [7, 11) is 0. The van der Waals surface area contributed by atoms with Crippen molar-refractivity contribution >= 4 is 17.4 Å². The van der Waals surface area contributed by atoms with E-state index in [1.165, 1.54) is 6.07 Å². The standard InChI is InChI=1S/C18H25FN2O2/c1-11-6-7-13(8-14(11)19)20-16(23)15(22)12-9-17(2,3)21-18(4,5)10-12/h6-8,12,21H,9-10H2,1-5H3,(H,20,23). The molecular weight excluding hydrogens is 295 g/mol. The number of ketones is 1. The minimum atomic E-state index is -0.674. The van der Waals surface area contributed by atoms with Crippen molar-refractivity contribution in [1.29, 1.82) is 0 Å². The second kappa shape index (κ2) is 6.04. The zero-order valence-electron chi connectivity index (χ0n) is 14.4. The molecule has 0 spiro atoms. The number of aryl methyl sites for hydroxylation is 1. The normalized spacial score (nSPS) is 20.1. The van der Waals surface area contributed by atoms with Gasteiger partial charge >= 0.3 is 0 Å². The van der Waals surface area contributed by atoms with Gasteiger partial charge in [-0.3, -0.25) is 9.59 Å². The van der Waals surface area contributed by atoms with Crippen molar-refractivity contribution < 1.29 is 14.0 Å². The summed E-state index contributed by atoms with van der Waals surface area (Å²) < 4.78 is 13.5. The number of Topliss-reactive ketones (excluding diaryl/α,β-unsaturated/α-hetero) is 1. The Morgan fingerprint density at radius 3 is 2.26 bits per heavy atom. The van der Waals surface area contributed by atoms with Gasteiger partial charge in [0.2, 0.25) is 5.78 Å². The number of carbonyl (C=O) groups excluding carboxylic acids is 2. The molecule has 1 aromatic rings. The van der Waals surface area contributed by atoms with Crippen LogP contribution in [0.1, 0.15) is 46.1 Å². The first kappa shape index (κ1) is 17.6. The molecular formula is C18H25FN2O2. The van der Waals surface area contributed by atoms with Gasteiger partial charge in [0.05, 0.1) is 0 Å². The van der Waals surface area contributed by atoms with Crippen molar-refractivity contribution in [2.24, 2.45) is 5.92 Å². The lowest BCUT2D eigenvalue weighted by molar-refractivity contribution is -0.139. The van der Waals surface area contributed by atoms with Gasteiger partial charge in [-0.25, -0.2) is 4.39 Å². The molecule has 0 aromatic heterocycles. The van der Waals surface area contributed by atoms with Crippen LogP contribution in [0.2, 0.25) is 0 Å². The first-order valence-corrected chi connectivity index (χ1v) is 7.90. The maximum absolute atomic E-state index is 13.5. The lowest BCUT2D eigenvalue weighted by Gasteiger charge is -2.45. The number of benzene rings is 1. The quantitative estimate of drug-likeness (QED) is 0.841. The number of anilines is 1. The average Bonchev–Trinajstić information content (AvgIpc) is 2.38. The second-order valence-corrected chi connectivity index (χ2v) is 7.78. The second-order valence-electron chi connectivity index (χ2n) is 7.78. The molecule has 126 valence electrons. The number of piperidine rings is 1. The molecule has 1 saturated heterocycles. The van der Waals surface area contributed by atoms with E-state index in [0.29, 0.717) is 24.1 Å². The van der Waals surface area contributed by atoms with E-state index in [9.17, 15) is 14.0 Å². The number of nitrogens with one attached hydrogen (secondary N) is 2. The Balaban J connectivity index is 2.10. The van der Waals surface area contributed by atoms with Gasteiger partial charge in [0.15, 0.2) is 0 Å². The number of carbonyl (C=O) groups is 2. The van der Waals surface area contributed by atoms with Crippen molar-refractivity contribution in [2.45, 2.75) is 58.5 Å². The van der Waals surface area contributed by atoms with E-state index in [2.05, 4.69) is 10.6 Å². The molecule has 1 heterocycles. The summed E-state index contributed by atoms with van der Waals surface area (Å²) >= 11 is 0. The van der Waals surface area contributed by atoms with Crippen molar-refractivity contribution in [3.05, 3.63) is 29.6 Å². The van der Waals surface area contributed by atoms with Crippen LogP contribution in [0.3, 0.4) is 0 Å². The van der Waals surface area contributed by atoms with E-state index in [0.717, 1.165) is 0 Å². The van der Waals surface area contributed by atoms with Gasteiger partial charge in [-0.1, -0.05) is 6.07 Å². The zero-order chi connectivity index (χ0) is 17.4. The van der Waals surface area contributed by atoms with Crippen LogP contribution >= 0.6 is 0 Å². The number of amides is 1. The van der Waals surface area contributed by atoms with Gasteiger partial charge in [0, 0.05) is 22.7 Å². The molecule has 2 rings (SSSR count). The largest absolute Gasteiger partial charge is 0.319 e. The van der Waals surface area contributed by atoms with Crippen LogP contribution in [0.4, 0.5) is 10.1 Å². The molecule has 0 radical (unpaired) electrons. The molecule has 2 N–H and O–H groups in total. The molecule has 0 atom stereocenters. The maximum Gasteiger partial charge on any atom is 0.292 e. The molecule has 0 aliphatic carbocycles. The van der Waals surface area contributed by atoms with Gasteiger partial charge < -0.3 is 10.6 Å². The highest BCUT2D eigenvalue weighted by atomic mass is 19.1. The van der Waals surface area contributed by atoms with Crippen LogP contribution < -0.4 is 10.6 Å². The Labute approximate surface area is 136 Å². The molecule has 0 bridgehead atoms. The van der Waals surface area contributed by atoms with Gasteiger partial charge in [0.25, 0.3) is 5.91 Å². The molecule has 1 aliphatic heterocycles. The Morgan fingerprint density at radius 1 is 1.17 bits per heavy atom. The van der Waals surface area contributed by atoms with Crippen molar-refractivity contribution in [3.63, 3.8) is 0 Å². The van der Waals surface area contributed by atoms with E-state index in [4.69, 9.17) is 0 Å². The van der Waals surface area contributed by atoms with Gasteiger partial charge in [0.1, 0.15) is 5.82 Å². The predicted octanol–water partition coefficient (Wildman–Crippen LogP) is 3.20. The Kier molecular flexibility index (Phi) is 4.62. The van der Waals surface area contributed by atoms with Gasteiger partial charge in [-0.05, 0) is 65.2 Å². The average molecular weight is 320 g/mol. The summed E-state index contributed by atoms with van der Waals surface area (Å²) in [5, 5.41) is 6.00. The Morgan fingerprint density at radius 2 is 1.74 bits per heavy atom. The van der Waals surface area contributed by atoms with E-state index in [-0.39, 0.29) is 17.0 Å². The van der Waals surface area contributed by atoms with Gasteiger partial charge in [-0.2, -0.15) is 0 Å². The highest BCUT2D eigenvalue weighted by Crippen LogP contribution is 2.33. The lowest BCUT2D eigenvalue weighted by Crippen LogP contribution is -2.59. The molecule has 1 aliphatic rings. The van der Waals surface area contributed by atoms with Crippen molar-refractivity contribution in [1.82, 2.24) is 5.32 Å². The summed E-state index contributed by atoms with van der Waals surface area (Å²) in [6, 6.07) is 4.41. The number of hydrogen-bond donors (Lipinski definition) is 2. The van der Waals surface area contributed by atoms with E-state index >= 15 is 0 Å². The molecule has 0 unspecified atom stereocenters. The fraction of sp³-hybridized carbons (Fsp3) is 0.556. The highest BCUT2D eigenvalue weighted by Gasteiger charge is 2.42. The molecule has 1 aromatic carbocycles. The van der Waals surface area contributed by atoms with Crippen molar-refractivity contribution in [2.75, 3.05) is 5.32 Å². The van der Waals surface area contributed by atoms with E-state index in [1.54, 1.807) is 19.1 Å². The zero-order valence-corrected chi connectivity index (χ0v) is 14.4. The first-order valence-electron chi connectivity index (χ1n) is 7.90. The fourth-order valence-corrected chi connectivity index (χ4v) is 3.56. The number of halogens is 1.